The Kier molecular flexibility index (Phi) is 7.50. The summed E-state index contributed by atoms with van der Waals surface area (Å²) >= 11 is 1.67. The number of aryl methyl sites for hydroxylation is 2. The quantitative estimate of drug-likeness (QED) is 0.335. The van der Waals surface area contributed by atoms with Gasteiger partial charge in [-0.1, -0.05) is 19.9 Å². The topological polar surface area (TPSA) is 55.1 Å². The summed E-state index contributed by atoms with van der Waals surface area (Å²) in [6.07, 6.45) is -1.89. The number of rotatable bonds is 8. The average Bonchev–Trinajstić information content (AvgIpc) is 3.19. The van der Waals surface area contributed by atoms with Crippen LogP contribution in [0.4, 0.5) is 13.2 Å². The number of benzene rings is 2. The maximum absolute atomic E-state index is 12.9. The highest BCUT2D eigenvalue weighted by Crippen LogP contribution is 2.44. The van der Waals surface area contributed by atoms with Gasteiger partial charge in [-0.2, -0.15) is 18.3 Å². The third-order valence-electron chi connectivity index (χ3n) is 5.69. The minimum Gasteiger partial charge on any atom is -0.481 e. The fourth-order valence-corrected chi connectivity index (χ4v) is 5.04. The maximum Gasteiger partial charge on any atom is 0.416 e. The van der Waals surface area contributed by atoms with E-state index in [1.165, 1.54) is 12.1 Å². The molecule has 1 aromatic heterocycles. The van der Waals surface area contributed by atoms with Gasteiger partial charge in [-0.05, 0) is 80.6 Å². The normalized spacial score (nSPS) is 12.4. The van der Waals surface area contributed by atoms with Gasteiger partial charge >= 0.3 is 12.1 Å². The molecule has 3 aromatic rings. The molecule has 0 aliphatic carbocycles. The molecule has 1 N–H and O–H groups in total. The Morgan fingerprint density at radius 3 is 2.29 bits per heavy atom. The van der Waals surface area contributed by atoms with Crippen LogP contribution in [0.25, 0.3) is 5.69 Å². The van der Waals surface area contributed by atoms with Crippen molar-refractivity contribution in [1.82, 2.24) is 9.78 Å². The lowest BCUT2D eigenvalue weighted by Crippen LogP contribution is -2.14. The van der Waals surface area contributed by atoms with Crippen molar-refractivity contribution >= 4 is 17.7 Å². The van der Waals surface area contributed by atoms with E-state index >= 15 is 0 Å². The van der Waals surface area contributed by atoms with Crippen LogP contribution in [0, 0.1) is 6.92 Å². The second-order valence-electron chi connectivity index (χ2n) is 9.17. The summed E-state index contributed by atoms with van der Waals surface area (Å²) < 4.78 is 40.1. The number of carboxylic acid groups (broad SMARTS) is 1. The van der Waals surface area contributed by atoms with Gasteiger partial charge < -0.3 is 5.11 Å². The van der Waals surface area contributed by atoms with E-state index in [4.69, 9.17) is 10.2 Å². The highest BCUT2D eigenvalue weighted by atomic mass is 32.2. The molecule has 182 valence electrons. The van der Waals surface area contributed by atoms with E-state index in [-0.39, 0.29) is 17.1 Å². The number of thioether (sulfide) groups is 1. The van der Waals surface area contributed by atoms with Crippen LogP contribution in [-0.4, -0.2) is 20.9 Å². The molecule has 0 bridgehead atoms. The number of alkyl halides is 3. The number of aromatic nitrogens is 2. The van der Waals surface area contributed by atoms with E-state index in [9.17, 15) is 18.0 Å². The molecule has 0 radical (unpaired) electrons. The maximum atomic E-state index is 12.9. The molecule has 8 heteroatoms. The highest BCUT2D eigenvalue weighted by Gasteiger charge is 2.31. The fraction of sp³-hybridized carbons (Fsp3) is 0.385. The van der Waals surface area contributed by atoms with Crippen LogP contribution in [0.5, 0.6) is 0 Å². The van der Waals surface area contributed by atoms with Gasteiger partial charge in [0, 0.05) is 27.8 Å². The minimum absolute atomic E-state index is 0.0969. The molecule has 0 aliphatic rings. The molecule has 0 unspecified atom stereocenters. The van der Waals surface area contributed by atoms with Crippen molar-refractivity contribution in [2.75, 3.05) is 0 Å². The SMILES string of the molecule is Cc1cc(SC(C)(C)c2cn(-c3ccc(C(F)(F)F)cc3)nc2C(C)C)ccc1CCC(=O)O. The molecule has 0 fully saturated rings. The molecule has 4 nitrogen and oxygen atoms in total. The van der Waals surface area contributed by atoms with E-state index in [2.05, 4.69) is 19.9 Å². The third-order valence-corrected chi connectivity index (χ3v) is 6.91. The van der Waals surface area contributed by atoms with Crippen molar-refractivity contribution in [3.8, 4) is 5.69 Å². The summed E-state index contributed by atoms with van der Waals surface area (Å²) in [5, 5.41) is 13.7. The van der Waals surface area contributed by atoms with Crippen LogP contribution in [0.1, 0.15) is 68.0 Å². The first-order chi connectivity index (χ1) is 15.8. The van der Waals surface area contributed by atoms with Crippen LogP contribution < -0.4 is 0 Å². The molecule has 0 atom stereocenters. The summed E-state index contributed by atoms with van der Waals surface area (Å²) in [5.41, 5.74) is 3.85. The predicted molar refractivity (Wildman–Crippen MR) is 129 cm³/mol. The lowest BCUT2D eigenvalue weighted by molar-refractivity contribution is -0.138. The first kappa shape index (κ1) is 25.9. The molecule has 3 rings (SSSR count). The summed E-state index contributed by atoms with van der Waals surface area (Å²) in [5.74, 6) is -0.684. The monoisotopic (exact) mass is 490 g/mol. The first-order valence-electron chi connectivity index (χ1n) is 11.1. The third kappa shape index (κ3) is 6.03. The zero-order chi connectivity index (χ0) is 25.3. The van der Waals surface area contributed by atoms with Crippen LogP contribution in [0.2, 0.25) is 0 Å². The number of aliphatic carboxylic acids is 1. The van der Waals surface area contributed by atoms with Gasteiger partial charge in [-0.3, -0.25) is 4.79 Å². The Balaban J connectivity index is 1.90. The molecule has 0 saturated heterocycles. The van der Waals surface area contributed by atoms with Crippen LogP contribution in [-0.2, 0) is 22.1 Å². The molecule has 1 heterocycles. The number of carbonyl (C=O) groups is 1. The first-order valence-corrected chi connectivity index (χ1v) is 11.9. The molecule has 0 saturated carbocycles. The second kappa shape index (κ2) is 9.86. The van der Waals surface area contributed by atoms with Gasteiger partial charge in [0.2, 0.25) is 0 Å². The Hall–Kier alpha value is -2.74. The van der Waals surface area contributed by atoms with Gasteiger partial charge in [0.05, 0.1) is 16.9 Å². The number of hydrogen-bond donors (Lipinski definition) is 1. The molecular weight excluding hydrogens is 461 g/mol. The van der Waals surface area contributed by atoms with Gasteiger partial charge in [-0.25, -0.2) is 4.68 Å². The zero-order valence-electron chi connectivity index (χ0n) is 19.9. The Morgan fingerprint density at radius 2 is 1.76 bits per heavy atom. The van der Waals surface area contributed by atoms with Crippen molar-refractivity contribution in [2.45, 2.75) is 69.2 Å². The van der Waals surface area contributed by atoms with Crippen molar-refractivity contribution in [1.29, 1.82) is 0 Å². The number of nitrogens with zero attached hydrogens (tertiary/aromatic N) is 2. The Bertz CT molecular complexity index is 1170. The van der Waals surface area contributed by atoms with E-state index < -0.39 is 17.7 Å². The minimum atomic E-state index is -4.38. The summed E-state index contributed by atoms with van der Waals surface area (Å²) in [6.45, 7) is 10.3. The Labute approximate surface area is 202 Å². The van der Waals surface area contributed by atoms with Crippen LogP contribution in [0.15, 0.2) is 53.6 Å². The largest absolute Gasteiger partial charge is 0.481 e. The van der Waals surface area contributed by atoms with E-state index in [0.717, 1.165) is 39.4 Å². The van der Waals surface area contributed by atoms with Gasteiger partial charge in [-0.15, -0.1) is 11.8 Å². The molecule has 0 spiro atoms. The van der Waals surface area contributed by atoms with E-state index in [1.54, 1.807) is 16.4 Å². The molecular formula is C26H29F3N2O2S. The molecule has 34 heavy (non-hydrogen) atoms. The van der Waals surface area contributed by atoms with Gasteiger partial charge in [0.15, 0.2) is 0 Å². The Morgan fingerprint density at radius 1 is 1.12 bits per heavy atom. The van der Waals surface area contributed by atoms with Gasteiger partial charge in [0.1, 0.15) is 0 Å². The second-order valence-corrected chi connectivity index (χ2v) is 10.9. The lowest BCUT2D eigenvalue weighted by Gasteiger charge is -2.25. The standard InChI is InChI=1S/C26H29F3N2O2S/c1-16(2)24-22(15-31(30-24)20-10-8-19(9-11-20)26(27,28)29)25(4,5)34-21-12-6-18(17(3)14-21)7-13-23(32)33/h6,8-12,14-16H,7,13H2,1-5H3,(H,32,33). The fourth-order valence-electron chi connectivity index (χ4n) is 3.82. The van der Waals surface area contributed by atoms with Crippen molar-refractivity contribution < 1.29 is 23.1 Å². The van der Waals surface area contributed by atoms with Crippen molar-refractivity contribution in [2.24, 2.45) is 0 Å². The summed E-state index contributed by atoms with van der Waals surface area (Å²) in [4.78, 5) is 11.9. The van der Waals surface area contributed by atoms with Crippen molar-refractivity contribution in [3.63, 3.8) is 0 Å². The number of carboxylic acids is 1. The number of hydrogen-bond acceptors (Lipinski definition) is 3. The molecule has 0 amide bonds. The molecule has 2 aromatic carbocycles. The predicted octanol–water partition coefficient (Wildman–Crippen LogP) is 7.37. The van der Waals surface area contributed by atoms with Crippen LogP contribution >= 0.6 is 11.8 Å². The van der Waals surface area contributed by atoms with Crippen LogP contribution in [0.3, 0.4) is 0 Å². The lowest BCUT2D eigenvalue weighted by atomic mass is 9.97. The molecule has 0 aliphatic heterocycles. The average molecular weight is 491 g/mol. The number of halogens is 3. The van der Waals surface area contributed by atoms with Gasteiger partial charge in [0.25, 0.3) is 0 Å². The van der Waals surface area contributed by atoms with Crippen molar-refractivity contribution in [3.05, 3.63) is 76.6 Å². The highest BCUT2D eigenvalue weighted by molar-refractivity contribution is 8.00. The zero-order valence-corrected chi connectivity index (χ0v) is 20.7. The van der Waals surface area contributed by atoms with E-state index in [0.29, 0.717) is 12.1 Å². The smallest absolute Gasteiger partial charge is 0.416 e. The van der Waals surface area contributed by atoms with E-state index in [1.807, 2.05) is 39.1 Å². The summed E-state index contributed by atoms with van der Waals surface area (Å²) in [6, 6.07) is 11.1. The summed E-state index contributed by atoms with van der Waals surface area (Å²) in [7, 11) is 0.